The van der Waals surface area contributed by atoms with Gasteiger partial charge in [0, 0.05) is 0 Å². The average Bonchev–Trinajstić information content (AvgIpc) is 2.36. The van der Waals surface area contributed by atoms with Gasteiger partial charge in [0.2, 0.25) is 0 Å². The molecule has 6 heteroatoms. The van der Waals surface area contributed by atoms with Crippen LogP contribution in [0.4, 0.5) is 0 Å². The van der Waals surface area contributed by atoms with Crippen molar-refractivity contribution in [2.24, 2.45) is 0 Å². The average molecular weight is 218 g/mol. The fourth-order valence-corrected chi connectivity index (χ4v) is 0.992. The predicted octanol–water partition coefficient (Wildman–Crippen LogP) is 1.01. The fourth-order valence-electron chi connectivity index (χ4n) is 0.783. The number of hydrogen-bond donors (Lipinski definition) is 2. The molecule has 0 saturated carbocycles. The third-order valence-corrected chi connectivity index (χ3v) is 1.55. The van der Waals surface area contributed by atoms with Crippen molar-refractivity contribution in [2.45, 2.75) is 0 Å². The van der Waals surface area contributed by atoms with Crippen LogP contribution >= 0.6 is 12.2 Å². The van der Waals surface area contributed by atoms with E-state index in [9.17, 15) is 0 Å². The van der Waals surface area contributed by atoms with Gasteiger partial charge < -0.3 is 9.97 Å². The largest absolute Gasteiger partial charge is 2.00 e. The molecule has 4 nitrogen and oxygen atoms in total. The van der Waals surface area contributed by atoms with E-state index < -0.39 is 0 Å². The van der Waals surface area contributed by atoms with Gasteiger partial charge in [0.05, 0.1) is 12.7 Å². The van der Waals surface area contributed by atoms with Crippen molar-refractivity contribution in [3.8, 4) is 0 Å². The first-order valence-corrected chi connectivity index (χ1v) is 3.15. The van der Waals surface area contributed by atoms with Crippen molar-refractivity contribution in [3.63, 3.8) is 0 Å². The molecular weight excluding hydrogens is 214 g/mol. The monoisotopic (exact) mass is 216 g/mol. The summed E-state index contributed by atoms with van der Waals surface area (Å²) in [5, 5.41) is 0. The third-order valence-electron chi connectivity index (χ3n) is 1.24. The summed E-state index contributed by atoms with van der Waals surface area (Å²) < 4.78 is 0.547. The van der Waals surface area contributed by atoms with Crippen molar-refractivity contribution in [1.82, 2.24) is 19.9 Å². The van der Waals surface area contributed by atoms with Crippen LogP contribution in [0.25, 0.3) is 11.2 Å². The first-order valence-electron chi connectivity index (χ1n) is 2.75. The fraction of sp³-hybridized carbons (Fsp3) is 0. The van der Waals surface area contributed by atoms with E-state index in [1.165, 1.54) is 6.33 Å². The van der Waals surface area contributed by atoms with Crippen LogP contribution < -0.4 is 0 Å². The van der Waals surface area contributed by atoms with Crippen LogP contribution in [0, 0.1) is 4.64 Å². The molecule has 0 amide bonds. The molecule has 0 aliphatic carbocycles. The molecule has 2 N–H and O–H groups in total. The number of fused-ring (bicyclic) bond motifs is 1. The number of aromatic nitrogens is 4. The quantitative estimate of drug-likeness (QED) is 0.512. The number of imidazole rings is 1. The van der Waals surface area contributed by atoms with Crippen LogP contribution in [0.3, 0.4) is 0 Å². The Morgan fingerprint density at radius 2 is 1.91 bits per heavy atom. The Bertz CT molecular complexity index is 406. The second-order valence-electron chi connectivity index (χ2n) is 1.83. The molecule has 0 spiro atoms. The maximum absolute atomic E-state index is 4.91. The van der Waals surface area contributed by atoms with Crippen LogP contribution in [0.5, 0.6) is 0 Å². The minimum atomic E-state index is 0. The van der Waals surface area contributed by atoms with E-state index in [1.807, 2.05) is 0 Å². The summed E-state index contributed by atoms with van der Waals surface area (Å²) in [6, 6.07) is 0. The molecule has 0 aliphatic rings. The van der Waals surface area contributed by atoms with Crippen LogP contribution in [0.15, 0.2) is 12.7 Å². The third kappa shape index (κ3) is 1.37. The van der Waals surface area contributed by atoms with E-state index in [2.05, 4.69) is 19.9 Å². The zero-order valence-corrected chi connectivity index (χ0v) is 9.45. The Balaban J connectivity index is 0.000000605. The summed E-state index contributed by atoms with van der Waals surface area (Å²) in [5.74, 6) is 0. The molecule has 0 fully saturated rings. The van der Waals surface area contributed by atoms with Gasteiger partial charge >= 0.3 is 19.5 Å². The van der Waals surface area contributed by atoms with Crippen LogP contribution in [-0.2, 0) is 19.5 Å². The van der Waals surface area contributed by atoms with E-state index in [1.54, 1.807) is 6.33 Å². The molecule has 0 atom stereocenters. The number of nitrogens with zero attached hydrogens (tertiary/aromatic N) is 2. The SMILES string of the molecule is S=c1nc[nH]c2nc[nH]c12.[Zn+2]. The number of H-pyrrole nitrogens is 2. The summed E-state index contributed by atoms with van der Waals surface area (Å²) in [6.45, 7) is 0. The molecule has 2 aromatic heterocycles. The minimum absolute atomic E-state index is 0. The van der Waals surface area contributed by atoms with Gasteiger partial charge in [0.25, 0.3) is 0 Å². The summed E-state index contributed by atoms with van der Waals surface area (Å²) in [4.78, 5) is 13.6. The van der Waals surface area contributed by atoms with Crippen molar-refractivity contribution < 1.29 is 19.5 Å². The Labute approximate surface area is 80.2 Å². The molecule has 0 saturated heterocycles. The minimum Gasteiger partial charge on any atom is -0.341 e. The second kappa shape index (κ2) is 3.19. The van der Waals surface area contributed by atoms with E-state index >= 15 is 0 Å². The summed E-state index contributed by atoms with van der Waals surface area (Å²) in [7, 11) is 0. The molecule has 0 radical (unpaired) electrons. The molecule has 0 aliphatic heterocycles. The molecule has 0 bridgehead atoms. The number of hydrogen-bond acceptors (Lipinski definition) is 3. The van der Waals surface area contributed by atoms with E-state index in [0.717, 1.165) is 11.2 Å². The van der Waals surface area contributed by atoms with Gasteiger partial charge in [-0.2, -0.15) is 0 Å². The topological polar surface area (TPSA) is 57.4 Å². The van der Waals surface area contributed by atoms with E-state index in [0.29, 0.717) is 4.64 Å². The van der Waals surface area contributed by atoms with E-state index in [-0.39, 0.29) is 19.5 Å². The van der Waals surface area contributed by atoms with Crippen molar-refractivity contribution in [1.29, 1.82) is 0 Å². The Hall–Kier alpha value is -0.607. The van der Waals surface area contributed by atoms with E-state index in [4.69, 9.17) is 12.2 Å². The smallest absolute Gasteiger partial charge is 0.341 e. The second-order valence-corrected chi connectivity index (χ2v) is 2.22. The molecule has 0 unspecified atom stereocenters. The van der Waals surface area contributed by atoms with Gasteiger partial charge in [0.1, 0.15) is 5.52 Å². The molecule has 2 aromatic rings. The standard InChI is InChI=1S/C5H4N4S.Zn/c10-5-3-4(7-1-6-3)8-2-9-5;/h1-2H,(H2,6,7,8,9,10);/q;+2. The molecule has 0 aromatic carbocycles. The van der Waals surface area contributed by atoms with Gasteiger partial charge in [0.15, 0.2) is 10.3 Å². The van der Waals surface area contributed by atoms with Gasteiger partial charge in [-0.15, -0.1) is 0 Å². The number of rotatable bonds is 0. The molecule has 11 heavy (non-hydrogen) atoms. The van der Waals surface area contributed by atoms with Crippen molar-refractivity contribution in [3.05, 3.63) is 17.3 Å². The normalized spacial score (nSPS) is 9.45. The zero-order valence-electron chi connectivity index (χ0n) is 5.66. The Morgan fingerprint density at radius 1 is 1.18 bits per heavy atom. The molecule has 2 heterocycles. The van der Waals surface area contributed by atoms with Crippen LogP contribution in [0.2, 0.25) is 0 Å². The molecular formula is C5H4N4SZn+2. The zero-order chi connectivity index (χ0) is 6.97. The van der Waals surface area contributed by atoms with Gasteiger partial charge in [-0.05, 0) is 0 Å². The molecule has 2 rings (SSSR count). The van der Waals surface area contributed by atoms with Gasteiger partial charge in [-0.25, -0.2) is 9.97 Å². The van der Waals surface area contributed by atoms with Crippen molar-refractivity contribution >= 4 is 23.4 Å². The predicted molar refractivity (Wildman–Crippen MR) is 39.1 cm³/mol. The van der Waals surface area contributed by atoms with Crippen molar-refractivity contribution in [2.75, 3.05) is 0 Å². The Morgan fingerprint density at radius 3 is 2.64 bits per heavy atom. The number of aromatic amines is 2. The first-order chi connectivity index (χ1) is 4.88. The van der Waals surface area contributed by atoms with Gasteiger partial charge in [-0.3, -0.25) is 0 Å². The summed E-state index contributed by atoms with van der Waals surface area (Å²) >= 11 is 4.91. The maximum Gasteiger partial charge on any atom is 2.00 e. The Kier molecular flexibility index (Phi) is 2.47. The molecule has 50 valence electrons. The van der Waals surface area contributed by atoms with Crippen LogP contribution in [0.1, 0.15) is 0 Å². The summed E-state index contributed by atoms with van der Waals surface area (Å²) in [6.07, 6.45) is 3.12. The first kappa shape index (κ1) is 8.49. The van der Waals surface area contributed by atoms with Gasteiger partial charge in [-0.1, -0.05) is 12.2 Å². The maximum atomic E-state index is 4.91. The summed E-state index contributed by atoms with van der Waals surface area (Å²) in [5.41, 5.74) is 1.54. The van der Waals surface area contributed by atoms with Crippen LogP contribution in [-0.4, -0.2) is 19.9 Å². The number of nitrogens with one attached hydrogen (secondary N) is 2.